The number of rotatable bonds is 3. The van der Waals surface area contributed by atoms with E-state index in [1.54, 1.807) is 6.07 Å². The zero-order chi connectivity index (χ0) is 13.9. The second-order valence-corrected chi connectivity index (χ2v) is 6.80. The molecule has 1 fully saturated rings. The number of thiophene rings is 1. The molecule has 2 heterocycles. The topological polar surface area (TPSA) is 20.3 Å². The number of benzene rings is 1. The Morgan fingerprint density at radius 1 is 1.25 bits per heavy atom. The van der Waals surface area contributed by atoms with Gasteiger partial charge in [-0.15, -0.1) is 11.3 Å². The van der Waals surface area contributed by atoms with Crippen LogP contribution in [0.15, 0.2) is 42.5 Å². The van der Waals surface area contributed by atoms with E-state index in [2.05, 4.69) is 24.3 Å². The molecule has 104 valence electrons. The number of hydrogen-bond donors (Lipinski definition) is 0. The molecule has 0 N–H and O–H groups in total. The second-order valence-electron chi connectivity index (χ2n) is 5.09. The van der Waals surface area contributed by atoms with Crippen molar-refractivity contribution >= 4 is 28.8 Å². The SMILES string of the molecule is O=C(c1ccc(Cl)s1)N1CCCC1Cc1ccccc1. The van der Waals surface area contributed by atoms with E-state index in [1.165, 1.54) is 16.9 Å². The predicted molar refractivity (Wildman–Crippen MR) is 83.5 cm³/mol. The van der Waals surface area contributed by atoms with Gasteiger partial charge in [-0.05, 0) is 37.0 Å². The van der Waals surface area contributed by atoms with Crippen LogP contribution >= 0.6 is 22.9 Å². The van der Waals surface area contributed by atoms with Crippen LogP contribution in [0.25, 0.3) is 0 Å². The van der Waals surface area contributed by atoms with E-state index in [-0.39, 0.29) is 5.91 Å². The van der Waals surface area contributed by atoms with Crippen LogP contribution in [-0.4, -0.2) is 23.4 Å². The Morgan fingerprint density at radius 3 is 2.75 bits per heavy atom. The van der Waals surface area contributed by atoms with Crippen LogP contribution in [0, 0.1) is 0 Å². The van der Waals surface area contributed by atoms with Gasteiger partial charge in [-0.1, -0.05) is 41.9 Å². The molecule has 4 heteroatoms. The summed E-state index contributed by atoms with van der Waals surface area (Å²) in [5, 5.41) is 0. The van der Waals surface area contributed by atoms with Crippen molar-refractivity contribution in [3.8, 4) is 0 Å². The first-order valence-corrected chi connectivity index (χ1v) is 8.04. The van der Waals surface area contributed by atoms with Gasteiger partial charge in [0.1, 0.15) is 0 Å². The van der Waals surface area contributed by atoms with E-state index in [1.807, 2.05) is 17.0 Å². The summed E-state index contributed by atoms with van der Waals surface area (Å²) in [5.74, 6) is 0.125. The van der Waals surface area contributed by atoms with Crippen molar-refractivity contribution in [1.82, 2.24) is 4.90 Å². The first-order chi connectivity index (χ1) is 9.74. The molecule has 1 aliphatic heterocycles. The van der Waals surface area contributed by atoms with Crippen LogP contribution in [0.2, 0.25) is 4.34 Å². The van der Waals surface area contributed by atoms with Gasteiger partial charge in [-0.3, -0.25) is 4.79 Å². The van der Waals surface area contributed by atoms with Gasteiger partial charge in [0.25, 0.3) is 5.91 Å². The summed E-state index contributed by atoms with van der Waals surface area (Å²) < 4.78 is 0.673. The van der Waals surface area contributed by atoms with Crippen LogP contribution in [-0.2, 0) is 6.42 Å². The van der Waals surface area contributed by atoms with E-state index in [0.29, 0.717) is 10.4 Å². The highest BCUT2D eigenvalue weighted by atomic mass is 35.5. The molecule has 1 aliphatic rings. The molecule has 1 atom stereocenters. The summed E-state index contributed by atoms with van der Waals surface area (Å²) in [6.45, 7) is 0.853. The van der Waals surface area contributed by atoms with Crippen molar-refractivity contribution in [2.24, 2.45) is 0 Å². The summed E-state index contributed by atoms with van der Waals surface area (Å²) in [6.07, 6.45) is 3.10. The third-order valence-electron chi connectivity index (χ3n) is 3.74. The van der Waals surface area contributed by atoms with Crippen molar-refractivity contribution in [3.05, 3.63) is 57.2 Å². The number of amides is 1. The van der Waals surface area contributed by atoms with E-state index in [9.17, 15) is 4.79 Å². The number of likely N-dealkylation sites (tertiary alicyclic amines) is 1. The van der Waals surface area contributed by atoms with Gasteiger partial charge in [0.15, 0.2) is 0 Å². The molecule has 1 aromatic heterocycles. The Hall–Kier alpha value is -1.32. The van der Waals surface area contributed by atoms with Gasteiger partial charge in [0, 0.05) is 12.6 Å². The van der Waals surface area contributed by atoms with Crippen LogP contribution in [0.5, 0.6) is 0 Å². The summed E-state index contributed by atoms with van der Waals surface area (Å²) in [6, 6.07) is 14.3. The normalized spacial score (nSPS) is 18.4. The van der Waals surface area contributed by atoms with Gasteiger partial charge in [-0.2, -0.15) is 0 Å². The van der Waals surface area contributed by atoms with Crippen molar-refractivity contribution in [2.75, 3.05) is 6.54 Å². The quantitative estimate of drug-likeness (QED) is 0.830. The average Bonchev–Trinajstić information content (AvgIpc) is 3.08. The smallest absolute Gasteiger partial charge is 0.264 e. The van der Waals surface area contributed by atoms with E-state index in [0.717, 1.165) is 30.7 Å². The maximum absolute atomic E-state index is 12.5. The Labute approximate surface area is 128 Å². The van der Waals surface area contributed by atoms with Crippen molar-refractivity contribution < 1.29 is 4.79 Å². The maximum atomic E-state index is 12.5. The molecular formula is C16H16ClNOS. The molecule has 0 aliphatic carbocycles. The Morgan fingerprint density at radius 2 is 2.05 bits per heavy atom. The zero-order valence-electron chi connectivity index (χ0n) is 11.1. The highest BCUT2D eigenvalue weighted by Gasteiger charge is 2.30. The summed E-state index contributed by atoms with van der Waals surface area (Å²) in [5.41, 5.74) is 1.29. The largest absolute Gasteiger partial charge is 0.335 e. The second kappa shape index (κ2) is 5.98. The fraction of sp³-hybridized carbons (Fsp3) is 0.312. The van der Waals surface area contributed by atoms with Gasteiger partial charge in [0.2, 0.25) is 0 Å². The highest BCUT2D eigenvalue weighted by Crippen LogP contribution is 2.27. The molecule has 0 spiro atoms. The fourth-order valence-corrected chi connectivity index (χ4v) is 3.77. The van der Waals surface area contributed by atoms with Crippen LogP contribution < -0.4 is 0 Å². The van der Waals surface area contributed by atoms with E-state index < -0.39 is 0 Å². The molecule has 0 radical (unpaired) electrons. The molecule has 0 bridgehead atoms. The third-order valence-corrected chi connectivity index (χ3v) is 4.96. The number of carbonyl (C=O) groups is 1. The predicted octanol–water partition coefficient (Wildman–Crippen LogP) is 4.25. The molecule has 2 aromatic rings. The highest BCUT2D eigenvalue weighted by molar-refractivity contribution is 7.17. The van der Waals surface area contributed by atoms with Crippen LogP contribution in [0.1, 0.15) is 28.1 Å². The van der Waals surface area contributed by atoms with Crippen molar-refractivity contribution in [3.63, 3.8) is 0 Å². The number of carbonyl (C=O) groups excluding carboxylic acids is 1. The van der Waals surface area contributed by atoms with Crippen LogP contribution in [0.3, 0.4) is 0 Å². The summed E-state index contributed by atoms with van der Waals surface area (Å²) in [7, 11) is 0. The Balaban J connectivity index is 1.74. The van der Waals surface area contributed by atoms with E-state index in [4.69, 9.17) is 11.6 Å². The minimum Gasteiger partial charge on any atom is -0.335 e. The molecule has 2 nitrogen and oxygen atoms in total. The average molecular weight is 306 g/mol. The first kappa shape index (κ1) is 13.7. The van der Waals surface area contributed by atoms with Crippen molar-refractivity contribution in [1.29, 1.82) is 0 Å². The zero-order valence-corrected chi connectivity index (χ0v) is 12.7. The lowest BCUT2D eigenvalue weighted by atomic mass is 10.0. The third kappa shape index (κ3) is 2.89. The van der Waals surface area contributed by atoms with Crippen LogP contribution in [0.4, 0.5) is 0 Å². The minimum atomic E-state index is 0.125. The van der Waals surface area contributed by atoms with E-state index >= 15 is 0 Å². The standard InChI is InChI=1S/C16H16ClNOS/c17-15-9-8-14(20-15)16(19)18-10-4-7-13(18)11-12-5-2-1-3-6-12/h1-3,5-6,8-9,13H,4,7,10-11H2. The number of nitrogens with zero attached hydrogens (tertiary/aromatic N) is 1. The van der Waals surface area contributed by atoms with Gasteiger partial charge in [-0.25, -0.2) is 0 Å². The van der Waals surface area contributed by atoms with Gasteiger partial charge in [0.05, 0.1) is 9.21 Å². The molecule has 1 saturated heterocycles. The monoisotopic (exact) mass is 305 g/mol. The number of hydrogen-bond acceptors (Lipinski definition) is 2. The first-order valence-electron chi connectivity index (χ1n) is 6.84. The Kier molecular flexibility index (Phi) is 4.08. The lowest BCUT2D eigenvalue weighted by Gasteiger charge is -2.24. The van der Waals surface area contributed by atoms with Gasteiger partial charge < -0.3 is 4.90 Å². The minimum absolute atomic E-state index is 0.125. The van der Waals surface area contributed by atoms with Crippen molar-refractivity contribution in [2.45, 2.75) is 25.3 Å². The number of halogens is 1. The molecule has 1 amide bonds. The molecule has 1 unspecified atom stereocenters. The molecule has 1 aromatic carbocycles. The maximum Gasteiger partial charge on any atom is 0.264 e. The summed E-state index contributed by atoms with van der Waals surface area (Å²) >= 11 is 7.29. The molecule has 0 saturated carbocycles. The fourth-order valence-electron chi connectivity index (χ4n) is 2.77. The lowest BCUT2D eigenvalue weighted by Crippen LogP contribution is -2.36. The summed E-state index contributed by atoms with van der Waals surface area (Å²) in [4.78, 5) is 15.3. The van der Waals surface area contributed by atoms with Gasteiger partial charge >= 0.3 is 0 Å². The molecule has 20 heavy (non-hydrogen) atoms. The Bertz CT molecular complexity index is 596. The molecular weight excluding hydrogens is 290 g/mol. The molecule has 3 rings (SSSR count). The lowest BCUT2D eigenvalue weighted by molar-refractivity contribution is 0.0741.